The molecule has 1 saturated heterocycles. The third-order valence-electron chi connectivity index (χ3n) is 3.19. The molecule has 1 fully saturated rings. The molecule has 4 nitrogen and oxygen atoms in total. The van der Waals surface area contributed by atoms with Crippen molar-refractivity contribution in [2.24, 2.45) is 0 Å². The predicted molar refractivity (Wildman–Crippen MR) is 71.7 cm³/mol. The average molecular weight is 249 g/mol. The van der Waals surface area contributed by atoms with Crippen LogP contribution in [0.4, 0.5) is 5.95 Å². The van der Waals surface area contributed by atoms with Gasteiger partial charge in [-0.2, -0.15) is 11.8 Å². The maximum Gasteiger partial charge on any atom is 0.201 e. The fraction of sp³-hybridized carbons (Fsp3) is 0.417. The van der Waals surface area contributed by atoms with Crippen molar-refractivity contribution in [1.82, 2.24) is 9.55 Å². The van der Waals surface area contributed by atoms with Crippen LogP contribution >= 0.6 is 11.8 Å². The molecule has 90 valence electrons. The van der Waals surface area contributed by atoms with Crippen molar-refractivity contribution >= 4 is 28.7 Å². The molecule has 1 aromatic heterocycles. The van der Waals surface area contributed by atoms with E-state index in [4.69, 9.17) is 10.5 Å². The van der Waals surface area contributed by atoms with Gasteiger partial charge in [0.15, 0.2) is 0 Å². The van der Waals surface area contributed by atoms with E-state index in [0.29, 0.717) is 12.0 Å². The Balaban J connectivity index is 2.13. The quantitative estimate of drug-likeness (QED) is 0.887. The lowest BCUT2D eigenvalue weighted by molar-refractivity contribution is 0.415. The third-order valence-corrected chi connectivity index (χ3v) is 4.34. The summed E-state index contributed by atoms with van der Waals surface area (Å²) in [7, 11) is 1.66. The number of imidazole rings is 1. The summed E-state index contributed by atoms with van der Waals surface area (Å²) in [5.74, 6) is 3.77. The normalized spacial score (nSPS) is 19.9. The summed E-state index contributed by atoms with van der Waals surface area (Å²) in [6, 6.07) is 6.42. The minimum absolute atomic E-state index is 0.485. The topological polar surface area (TPSA) is 53.1 Å². The molecule has 17 heavy (non-hydrogen) atoms. The predicted octanol–water partition coefficient (Wildman–Crippen LogP) is 2.31. The lowest BCUT2D eigenvalue weighted by atomic mass is 10.2. The summed E-state index contributed by atoms with van der Waals surface area (Å²) in [5, 5.41) is 0. The van der Waals surface area contributed by atoms with Crippen LogP contribution in [0.3, 0.4) is 0 Å². The number of thioether (sulfide) groups is 1. The minimum atomic E-state index is 0.485. The third kappa shape index (κ3) is 1.74. The van der Waals surface area contributed by atoms with Crippen LogP contribution < -0.4 is 10.5 Å². The van der Waals surface area contributed by atoms with Crippen LogP contribution in [0.25, 0.3) is 11.0 Å². The lowest BCUT2D eigenvalue weighted by Crippen LogP contribution is -2.10. The zero-order valence-electron chi connectivity index (χ0n) is 9.72. The first-order valence-electron chi connectivity index (χ1n) is 5.69. The summed E-state index contributed by atoms with van der Waals surface area (Å²) in [6.07, 6.45) is 1.17. The minimum Gasteiger partial charge on any atom is -0.497 e. The Morgan fingerprint density at radius 2 is 2.41 bits per heavy atom. The molecule has 1 aliphatic heterocycles. The second kappa shape index (κ2) is 4.14. The zero-order chi connectivity index (χ0) is 11.8. The number of nitrogens with two attached hydrogens (primary N) is 1. The summed E-state index contributed by atoms with van der Waals surface area (Å²) in [4.78, 5) is 4.42. The van der Waals surface area contributed by atoms with Gasteiger partial charge in [0.1, 0.15) is 5.75 Å². The Hall–Kier alpha value is -1.36. The maximum atomic E-state index is 6.03. The molecule has 1 aliphatic rings. The number of ether oxygens (including phenoxy) is 1. The van der Waals surface area contributed by atoms with E-state index in [1.165, 1.54) is 12.2 Å². The van der Waals surface area contributed by atoms with Crippen molar-refractivity contribution < 1.29 is 4.74 Å². The number of nitrogen functional groups attached to an aromatic ring is 1. The van der Waals surface area contributed by atoms with Gasteiger partial charge in [0.2, 0.25) is 5.95 Å². The van der Waals surface area contributed by atoms with Gasteiger partial charge in [-0.3, -0.25) is 0 Å². The van der Waals surface area contributed by atoms with Crippen LogP contribution in [0.2, 0.25) is 0 Å². The highest BCUT2D eigenvalue weighted by molar-refractivity contribution is 7.99. The van der Waals surface area contributed by atoms with E-state index >= 15 is 0 Å². The molecule has 2 aromatic rings. The number of methoxy groups -OCH3 is 1. The Morgan fingerprint density at radius 3 is 3.12 bits per heavy atom. The van der Waals surface area contributed by atoms with E-state index in [2.05, 4.69) is 9.55 Å². The molecular formula is C12H15N3OS. The van der Waals surface area contributed by atoms with Gasteiger partial charge < -0.3 is 15.0 Å². The van der Waals surface area contributed by atoms with E-state index in [9.17, 15) is 0 Å². The molecule has 3 rings (SSSR count). The van der Waals surface area contributed by atoms with Gasteiger partial charge in [-0.15, -0.1) is 0 Å². The molecule has 0 amide bonds. The van der Waals surface area contributed by atoms with Crippen molar-refractivity contribution in [3.05, 3.63) is 18.2 Å². The number of hydrogen-bond acceptors (Lipinski definition) is 4. The summed E-state index contributed by atoms with van der Waals surface area (Å²) in [6.45, 7) is 0. The Bertz CT molecular complexity index is 546. The number of aromatic nitrogens is 2. The van der Waals surface area contributed by atoms with Crippen molar-refractivity contribution in [2.75, 3.05) is 24.3 Å². The smallest absolute Gasteiger partial charge is 0.201 e. The van der Waals surface area contributed by atoms with Gasteiger partial charge in [-0.25, -0.2) is 4.98 Å². The Kier molecular flexibility index (Phi) is 2.63. The molecule has 1 unspecified atom stereocenters. The monoisotopic (exact) mass is 249 g/mol. The largest absolute Gasteiger partial charge is 0.497 e. The van der Waals surface area contributed by atoms with Crippen LogP contribution in [0.1, 0.15) is 12.5 Å². The van der Waals surface area contributed by atoms with Crippen LogP contribution in [0.5, 0.6) is 5.75 Å². The molecule has 1 atom stereocenters. The average Bonchev–Trinajstić information content (AvgIpc) is 2.93. The summed E-state index contributed by atoms with van der Waals surface area (Å²) >= 11 is 1.98. The highest BCUT2D eigenvalue weighted by atomic mass is 32.2. The van der Waals surface area contributed by atoms with Crippen molar-refractivity contribution in [3.63, 3.8) is 0 Å². The van der Waals surface area contributed by atoms with Gasteiger partial charge in [0.05, 0.1) is 18.1 Å². The molecule has 1 aromatic carbocycles. The van der Waals surface area contributed by atoms with E-state index in [1.54, 1.807) is 7.11 Å². The molecule has 2 heterocycles. The lowest BCUT2D eigenvalue weighted by Gasteiger charge is -2.13. The first-order chi connectivity index (χ1) is 8.29. The van der Waals surface area contributed by atoms with E-state index < -0.39 is 0 Å². The van der Waals surface area contributed by atoms with Crippen LogP contribution in [-0.4, -0.2) is 28.2 Å². The fourth-order valence-electron chi connectivity index (χ4n) is 2.33. The molecule has 5 heteroatoms. The second-order valence-electron chi connectivity index (χ2n) is 4.21. The van der Waals surface area contributed by atoms with Crippen molar-refractivity contribution in [2.45, 2.75) is 12.5 Å². The van der Waals surface area contributed by atoms with Gasteiger partial charge in [-0.1, -0.05) is 0 Å². The van der Waals surface area contributed by atoms with Gasteiger partial charge in [-0.05, 0) is 24.3 Å². The van der Waals surface area contributed by atoms with E-state index in [0.717, 1.165) is 22.5 Å². The number of benzene rings is 1. The van der Waals surface area contributed by atoms with E-state index in [-0.39, 0.29) is 0 Å². The van der Waals surface area contributed by atoms with Gasteiger partial charge in [0, 0.05) is 17.9 Å². The SMILES string of the molecule is COc1ccc2c(c1)nc(N)n2C1CCSC1. The van der Waals surface area contributed by atoms with Crippen molar-refractivity contribution in [1.29, 1.82) is 0 Å². The summed E-state index contributed by atoms with van der Waals surface area (Å²) < 4.78 is 7.36. The first kappa shape index (κ1) is 10.8. The number of nitrogens with zero attached hydrogens (tertiary/aromatic N) is 2. The molecule has 0 spiro atoms. The molecule has 0 saturated carbocycles. The number of fused-ring (bicyclic) bond motifs is 1. The summed E-state index contributed by atoms with van der Waals surface area (Å²) in [5.41, 5.74) is 8.05. The molecule has 2 N–H and O–H groups in total. The fourth-order valence-corrected chi connectivity index (χ4v) is 3.53. The van der Waals surface area contributed by atoms with E-state index in [1.807, 2.05) is 30.0 Å². The Morgan fingerprint density at radius 1 is 1.53 bits per heavy atom. The van der Waals surface area contributed by atoms with Crippen LogP contribution in [-0.2, 0) is 0 Å². The number of anilines is 1. The first-order valence-corrected chi connectivity index (χ1v) is 6.84. The maximum absolute atomic E-state index is 6.03. The number of hydrogen-bond donors (Lipinski definition) is 1. The standard InChI is InChI=1S/C12H15N3OS/c1-16-9-2-3-11-10(6-9)14-12(13)15(11)8-4-5-17-7-8/h2-3,6,8H,4-5,7H2,1H3,(H2,13,14). The molecule has 0 radical (unpaired) electrons. The number of rotatable bonds is 2. The van der Waals surface area contributed by atoms with Gasteiger partial charge in [0.25, 0.3) is 0 Å². The molecule has 0 aliphatic carbocycles. The van der Waals surface area contributed by atoms with Crippen LogP contribution in [0, 0.1) is 0 Å². The highest BCUT2D eigenvalue weighted by Gasteiger charge is 2.21. The molecule has 0 bridgehead atoms. The second-order valence-corrected chi connectivity index (χ2v) is 5.36. The van der Waals surface area contributed by atoms with Gasteiger partial charge >= 0.3 is 0 Å². The molecular weight excluding hydrogens is 234 g/mol. The Labute approximate surface area is 104 Å². The van der Waals surface area contributed by atoms with Crippen molar-refractivity contribution in [3.8, 4) is 5.75 Å². The highest BCUT2D eigenvalue weighted by Crippen LogP contribution is 2.33. The van der Waals surface area contributed by atoms with Crippen LogP contribution in [0.15, 0.2) is 18.2 Å². The zero-order valence-corrected chi connectivity index (χ0v) is 10.5.